The maximum absolute atomic E-state index is 12.4. The van der Waals surface area contributed by atoms with Crippen molar-refractivity contribution in [3.8, 4) is 0 Å². The van der Waals surface area contributed by atoms with Crippen molar-refractivity contribution in [2.75, 3.05) is 19.6 Å². The standard InChI is InChI=1S/C12H23N3O2S/c1-9-7-13-5-4-12(9)14-18(16,17)15-8-10-2-3-11(15)6-10/h9-14H,2-8H2,1H3. The first-order valence-electron chi connectivity index (χ1n) is 7.06. The normalized spacial score (nSPS) is 41.4. The minimum Gasteiger partial charge on any atom is -0.316 e. The van der Waals surface area contributed by atoms with Crippen LogP contribution in [0.5, 0.6) is 0 Å². The SMILES string of the molecule is CC1CNCCC1NS(=O)(=O)N1CC2CCC1C2. The summed E-state index contributed by atoms with van der Waals surface area (Å²) in [6.07, 6.45) is 4.22. The summed E-state index contributed by atoms with van der Waals surface area (Å²) in [5.41, 5.74) is 0. The second-order valence-electron chi connectivity index (χ2n) is 6.10. The lowest BCUT2D eigenvalue weighted by Gasteiger charge is -2.33. The fourth-order valence-corrected chi connectivity index (χ4v) is 5.48. The third kappa shape index (κ3) is 2.31. The van der Waals surface area contributed by atoms with E-state index in [1.54, 1.807) is 4.31 Å². The Labute approximate surface area is 109 Å². The van der Waals surface area contributed by atoms with Crippen molar-refractivity contribution in [3.05, 3.63) is 0 Å². The Balaban J connectivity index is 1.67. The molecule has 3 fully saturated rings. The molecule has 2 N–H and O–H groups in total. The van der Waals surface area contributed by atoms with Gasteiger partial charge in [-0.15, -0.1) is 0 Å². The topological polar surface area (TPSA) is 61.4 Å². The van der Waals surface area contributed by atoms with E-state index < -0.39 is 10.2 Å². The lowest BCUT2D eigenvalue weighted by molar-refractivity contribution is 0.297. The Morgan fingerprint density at radius 2 is 2.11 bits per heavy atom. The second-order valence-corrected chi connectivity index (χ2v) is 7.76. The van der Waals surface area contributed by atoms with Crippen LogP contribution >= 0.6 is 0 Å². The molecule has 18 heavy (non-hydrogen) atoms. The van der Waals surface area contributed by atoms with Gasteiger partial charge >= 0.3 is 0 Å². The minimum atomic E-state index is -3.27. The summed E-state index contributed by atoms with van der Waals surface area (Å²) in [6.45, 7) is 4.65. The van der Waals surface area contributed by atoms with Crippen LogP contribution in [-0.4, -0.2) is 44.4 Å². The zero-order chi connectivity index (χ0) is 12.8. The molecular weight excluding hydrogens is 250 g/mol. The molecular formula is C12H23N3O2S. The fraction of sp³-hybridized carbons (Fsp3) is 1.00. The minimum absolute atomic E-state index is 0.0929. The predicted octanol–water partition coefficient (Wildman–Crippen LogP) is 0.303. The smallest absolute Gasteiger partial charge is 0.279 e. The molecule has 2 aliphatic heterocycles. The van der Waals surface area contributed by atoms with Gasteiger partial charge in [-0.3, -0.25) is 0 Å². The van der Waals surface area contributed by atoms with Crippen LogP contribution < -0.4 is 10.0 Å². The predicted molar refractivity (Wildman–Crippen MR) is 70.3 cm³/mol. The summed E-state index contributed by atoms with van der Waals surface area (Å²) in [6, 6.07) is 0.361. The summed E-state index contributed by atoms with van der Waals surface area (Å²) in [7, 11) is -3.27. The Kier molecular flexibility index (Phi) is 3.38. The Bertz CT molecular complexity index is 412. The van der Waals surface area contributed by atoms with Gasteiger partial charge in [0, 0.05) is 18.6 Å². The third-order valence-electron chi connectivity index (χ3n) is 4.75. The molecule has 0 radical (unpaired) electrons. The maximum atomic E-state index is 12.4. The monoisotopic (exact) mass is 273 g/mol. The van der Waals surface area contributed by atoms with Crippen LogP contribution in [0.2, 0.25) is 0 Å². The molecule has 4 unspecified atom stereocenters. The van der Waals surface area contributed by atoms with Gasteiger partial charge < -0.3 is 5.32 Å². The maximum Gasteiger partial charge on any atom is 0.279 e. The van der Waals surface area contributed by atoms with Gasteiger partial charge in [-0.2, -0.15) is 17.4 Å². The van der Waals surface area contributed by atoms with E-state index in [1.165, 1.54) is 6.42 Å². The third-order valence-corrected chi connectivity index (χ3v) is 6.42. The van der Waals surface area contributed by atoms with E-state index in [-0.39, 0.29) is 12.1 Å². The molecule has 2 heterocycles. The summed E-state index contributed by atoms with van der Waals surface area (Å²) in [4.78, 5) is 0. The fourth-order valence-electron chi connectivity index (χ4n) is 3.62. The molecule has 1 aliphatic carbocycles. The number of hydrogen-bond donors (Lipinski definition) is 2. The van der Waals surface area contributed by atoms with Crippen molar-refractivity contribution in [2.24, 2.45) is 11.8 Å². The number of nitrogens with one attached hydrogen (secondary N) is 2. The van der Waals surface area contributed by atoms with Gasteiger partial charge in [-0.25, -0.2) is 0 Å². The van der Waals surface area contributed by atoms with E-state index in [4.69, 9.17) is 0 Å². The Morgan fingerprint density at radius 1 is 1.28 bits per heavy atom. The van der Waals surface area contributed by atoms with Gasteiger partial charge in [0.1, 0.15) is 0 Å². The molecule has 0 amide bonds. The number of hydrogen-bond acceptors (Lipinski definition) is 3. The highest BCUT2D eigenvalue weighted by Crippen LogP contribution is 2.38. The molecule has 5 nitrogen and oxygen atoms in total. The first-order chi connectivity index (χ1) is 8.56. The molecule has 0 spiro atoms. The molecule has 2 saturated heterocycles. The summed E-state index contributed by atoms with van der Waals surface area (Å²) in [5.74, 6) is 0.977. The van der Waals surface area contributed by atoms with Crippen molar-refractivity contribution in [1.29, 1.82) is 0 Å². The summed E-state index contributed by atoms with van der Waals surface area (Å²) in [5, 5.41) is 3.30. The Hall–Kier alpha value is -0.170. The molecule has 1 saturated carbocycles. The highest BCUT2D eigenvalue weighted by atomic mass is 32.2. The summed E-state index contributed by atoms with van der Waals surface area (Å²) < 4.78 is 29.5. The van der Waals surface area contributed by atoms with Crippen LogP contribution in [0.15, 0.2) is 0 Å². The van der Waals surface area contributed by atoms with Crippen LogP contribution in [0.3, 0.4) is 0 Å². The molecule has 3 rings (SSSR count). The molecule has 104 valence electrons. The van der Waals surface area contributed by atoms with E-state index in [0.717, 1.165) is 38.9 Å². The van der Waals surface area contributed by atoms with Gasteiger partial charge in [-0.1, -0.05) is 6.92 Å². The van der Waals surface area contributed by atoms with Crippen molar-refractivity contribution < 1.29 is 8.42 Å². The lowest BCUT2D eigenvalue weighted by atomic mass is 9.97. The molecule has 0 aromatic carbocycles. The van der Waals surface area contributed by atoms with Crippen LogP contribution in [0.25, 0.3) is 0 Å². The molecule has 0 aromatic heterocycles. The number of piperidine rings is 2. The average Bonchev–Trinajstić information content (AvgIpc) is 2.94. The van der Waals surface area contributed by atoms with E-state index >= 15 is 0 Å². The van der Waals surface area contributed by atoms with Crippen LogP contribution in [-0.2, 0) is 10.2 Å². The van der Waals surface area contributed by atoms with Crippen LogP contribution in [0, 0.1) is 11.8 Å². The molecule has 3 aliphatic rings. The number of rotatable bonds is 3. The first kappa shape index (κ1) is 12.8. The quantitative estimate of drug-likeness (QED) is 0.777. The van der Waals surface area contributed by atoms with Gasteiger partial charge in [0.15, 0.2) is 0 Å². The van der Waals surface area contributed by atoms with E-state index in [0.29, 0.717) is 11.8 Å². The largest absolute Gasteiger partial charge is 0.316 e. The Morgan fingerprint density at radius 3 is 2.72 bits per heavy atom. The summed E-state index contributed by atoms with van der Waals surface area (Å²) >= 11 is 0. The van der Waals surface area contributed by atoms with E-state index in [2.05, 4.69) is 17.0 Å². The molecule has 2 bridgehead atoms. The van der Waals surface area contributed by atoms with Gasteiger partial charge in [0.25, 0.3) is 10.2 Å². The van der Waals surface area contributed by atoms with Crippen molar-refractivity contribution in [3.63, 3.8) is 0 Å². The van der Waals surface area contributed by atoms with Gasteiger partial charge in [0.2, 0.25) is 0 Å². The zero-order valence-electron chi connectivity index (χ0n) is 10.9. The number of fused-ring (bicyclic) bond motifs is 2. The van der Waals surface area contributed by atoms with Crippen LogP contribution in [0.4, 0.5) is 0 Å². The van der Waals surface area contributed by atoms with Crippen molar-refractivity contribution >= 4 is 10.2 Å². The van der Waals surface area contributed by atoms with Crippen molar-refractivity contribution in [2.45, 2.75) is 44.7 Å². The first-order valence-corrected chi connectivity index (χ1v) is 8.50. The lowest BCUT2D eigenvalue weighted by Crippen LogP contribution is -2.53. The average molecular weight is 273 g/mol. The van der Waals surface area contributed by atoms with Gasteiger partial charge in [-0.05, 0) is 50.6 Å². The van der Waals surface area contributed by atoms with E-state index in [9.17, 15) is 8.42 Å². The van der Waals surface area contributed by atoms with Crippen molar-refractivity contribution in [1.82, 2.24) is 14.3 Å². The molecule has 6 heteroatoms. The zero-order valence-corrected chi connectivity index (χ0v) is 11.7. The van der Waals surface area contributed by atoms with Crippen LogP contribution in [0.1, 0.15) is 32.6 Å². The number of nitrogens with zero attached hydrogens (tertiary/aromatic N) is 1. The van der Waals surface area contributed by atoms with E-state index in [1.807, 2.05) is 0 Å². The molecule has 0 aromatic rings. The highest BCUT2D eigenvalue weighted by molar-refractivity contribution is 7.87. The van der Waals surface area contributed by atoms with Gasteiger partial charge in [0.05, 0.1) is 0 Å². The second kappa shape index (κ2) is 4.74. The highest BCUT2D eigenvalue weighted by Gasteiger charge is 2.44. The molecule has 4 atom stereocenters.